The molecule has 0 aliphatic heterocycles. The van der Waals surface area contributed by atoms with Gasteiger partial charge in [0.2, 0.25) is 5.89 Å². The molecule has 0 amide bonds. The molecule has 3 rings (SSSR count). The highest BCUT2D eigenvalue weighted by Crippen LogP contribution is 2.22. The lowest BCUT2D eigenvalue weighted by Crippen LogP contribution is -1.90. The van der Waals surface area contributed by atoms with E-state index < -0.39 is 0 Å². The molecule has 6 heteroatoms. The van der Waals surface area contributed by atoms with Crippen LogP contribution in [0.4, 0.5) is 0 Å². The van der Waals surface area contributed by atoms with Crippen LogP contribution in [-0.4, -0.2) is 15.2 Å². The van der Waals surface area contributed by atoms with Crippen molar-refractivity contribution in [1.82, 2.24) is 15.2 Å². The maximum atomic E-state index is 5.20. The molecule has 0 saturated heterocycles. The minimum atomic E-state index is 0.323. The van der Waals surface area contributed by atoms with E-state index in [1.165, 1.54) is 4.70 Å². The first kappa shape index (κ1) is 10.6. The molecular weight excluding hydrogens is 254 g/mol. The fourth-order valence-corrected chi connectivity index (χ4v) is 2.72. The topological polar surface area (TPSA) is 54.7 Å². The van der Waals surface area contributed by atoms with E-state index in [0.717, 1.165) is 16.9 Å². The van der Waals surface area contributed by atoms with E-state index in [9.17, 15) is 0 Å². The van der Waals surface area contributed by atoms with Crippen molar-refractivity contribution in [3.63, 3.8) is 0 Å². The Balaban J connectivity index is 1.78. The number of fused-ring (bicyclic) bond motifs is 1. The highest BCUT2D eigenvalue weighted by molar-refractivity contribution is 7.71. The minimum absolute atomic E-state index is 0.323. The fraction of sp³-hybridized carbons (Fsp3) is 0.182. The second-order valence-corrected chi connectivity index (χ2v) is 5.07. The van der Waals surface area contributed by atoms with Gasteiger partial charge < -0.3 is 4.42 Å². The van der Waals surface area contributed by atoms with E-state index in [2.05, 4.69) is 21.2 Å². The summed E-state index contributed by atoms with van der Waals surface area (Å²) in [6.07, 6.45) is 1.54. The molecule has 1 aromatic carbocycles. The van der Waals surface area contributed by atoms with Crippen LogP contribution >= 0.6 is 23.6 Å². The Kier molecular flexibility index (Phi) is 2.74. The molecule has 0 saturated carbocycles. The number of para-hydroxylation sites is 1. The van der Waals surface area contributed by atoms with E-state index in [1.807, 2.05) is 18.2 Å². The Bertz CT molecular complexity index is 665. The predicted octanol–water partition coefficient (Wildman–Crippen LogP) is 3.13. The smallest absolute Gasteiger partial charge is 0.284 e. The van der Waals surface area contributed by atoms with Gasteiger partial charge in [0, 0.05) is 12.8 Å². The summed E-state index contributed by atoms with van der Waals surface area (Å²) in [5.41, 5.74) is 1.05. The first-order chi connectivity index (χ1) is 8.31. The molecule has 0 spiro atoms. The van der Waals surface area contributed by atoms with Crippen molar-refractivity contribution in [2.45, 2.75) is 12.8 Å². The van der Waals surface area contributed by atoms with Crippen molar-refractivity contribution in [1.29, 1.82) is 0 Å². The van der Waals surface area contributed by atoms with E-state index in [4.69, 9.17) is 16.6 Å². The van der Waals surface area contributed by atoms with Crippen molar-refractivity contribution in [2.75, 3.05) is 0 Å². The summed E-state index contributed by atoms with van der Waals surface area (Å²) >= 11 is 6.52. The molecule has 0 atom stereocenters. The molecule has 1 N–H and O–H groups in total. The minimum Gasteiger partial charge on any atom is -0.414 e. The van der Waals surface area contributed by atoms with Gasteiger partial charge in [-0.1, -0.05) is 12.1 Å². The first-order valence-corrected chi connectivity index (χ1v) is 6.42. The van der Waals surface area contributed by atoms with Crippen LogP contribution < -0.4 is 0 Å². The van der Waals surface area contributed by atoms with Gasteiger partial charge >= 0.3 is 0 Å². The number of H-pyrrole nitrogens is 1. The molecule has 2 heterocycles. The summed E-state index contributed by atoms with van der Waals surface area (Å²) in [6, 6.07) is 8.13. The van der Waals surface area contributed by atoms with Crippen LogP contribution in [0.3, 0.4) is 0 Å². The molecule has 4 nitrogen and oxygen atoms in total. The Morgan fingerprint density at radius 3 is 2.94 bits per heavy atom. The average Bonchev–Trinajstić information content (AvgIpc) is 2.91. The standard InChI is InChI=1S/C11H9N3OS2/c16-11-14-13-9(15-11)5-6-10-12-7-3-1-2-4-8(7)17-10/h1-4H,5-6H2,(H,14,16). The van der Waals surface area contributed by atoms with Crippen molar-refractivity contribution < 1.29 is 4.42 Å². The molecular formula is C11H9N3OS2. The van der Waals surface area contributed by atoms with Crippen molar-refractivity contribution in [3.05, 3.63) is 40.0 Å². The SMILES string of the molecule is S=c1[nH]nc(CCc2nc3ccccc3s2)o1. The number of thiazole rings is 1. The van der Waals surface area contributed by atoms with Crippen LogP contribution in [0.25, 0.3) is 10.2 Å². The number of benzene rings is 1. The predicted molar refractivity (Wildman–Crippen MR) is 68.7 cm³/mol. The molecule has 3 aromatic rings. The molecule has 0 aliphatic rings. The second kappa shape index (κ2) is 4.38. The molecule has 0 fully saturated rings. The molecule has 17 heavy (non-hydrogen) atoms. The van der Waals surface area contributed by atoms with E-state index in [1.54, 1.807) is 11.3 Å². The Morgan fingerprint density at radius 2 is 2.18 bits per heavy atom. The monoisotopic (exact) mass is 263 g/mol. The number of hydrogen-bond donors (Lipinski definition) is 1. The van der Waals surface area contributed by atoms with Gasteiger partial charge in [0.15, 0.2) is 0 Å². The van der Waals surface area contributed by atoms with Gasteiger partial charge in [0.05, 0.1) is 15.2 Å². The second-order valence-electron chi connectivity index (χ2n) is 3.58. The molecule has 0 aliphatic carbocycles. The molecule has 0 radical (unpaired) electrons. The number of hydrogen-bond acceptors (Lipinski definition) is 5. The zero-order valence-corrected chi connectivity index (χ0v) is 10.5. The van der Waals surface area contributed by atoms with E-state index >= 15 is 0 Å². The summed E-state index contributed by atoms with van der Waals surface area (Å²) < 4.78 is 6.42. The molecule has 2 aromatic heterocycles. The Hall–Kier alpha value is -1.53. The van der Waals surface area contributed by atoms with Crippen molar-refractivity contribution in [2.24, 2.45) is 0 Å². The lowest BCUT2D eigenvalue weighted by atomic mass is 10.3. The molecule has 86 valence electrons. The number of nitrogens with one attached hydrogen (secondary N) is 1. The third-order valence-corrected chi connectivity index (χ3v) is 3.64. The molecule has 0 unspecified atom stereocenters. The number of rotatable bonds is 3. The summed E-state index contributed by atoms with van der Waals surface area (Å²) in [6.45, 7) is 0. The van der Waals surface area contributed by atoms with E-state index in [-0.39, 0.29) is 0 Å². The van der Waals surface area contributed by atoms with Crippen molar-refractivity contribution in [3.8, 4) is 0 Å². The lowest BCUT2D eigenvalue weighted by molar-refractivity contribution is 0.480. The third kappa shape index (κ3) is 2.27. The van der Waals surface area contributed by atoms with Crippen LogP contribution in [0.5, 0.6) is 0 Å². The summed E-state index contributed by atoms with van der Waals surface area (Å²) in [4.78, 5) is 4.87. The van der Waals surface area contributed by atoms with Gasteiger partial charge in [-0.3, -0.25) is 0 Å². The summed E-state index contributed by atoms with van der Waals surface area (Å²) in [7, 11) is 0. The number of aromatic nitrogens is 3. The highest BCUT2D eigenvalue weighted by Gasteiger charge is 2.05. The van der Waals surface area contributed by atoms with E-state index in [0.29, 0.717) is 17.1 Å². The Morgan fingerprint density at radius 1 is 1.29 bits per heavy atom. The Labute approximate surface area is 106 Å². The van der Waals surface area contributed by atoms with Crippen LogP contribution in [-0.2, 0) is 12.8 Å². The number of nitrogens with zero attached hydrogens (tertiary/aromatic N) is 2. The first-order valence-electron chi connectivity index (χ1n) is 5.20. The number of aromatic amines is 1. The van der Waals surface area contributed by atoms with Crippen LogP contribution in [0, 0.1) is 4.84 Å². The third-order valence-electron chi connectivity index (χ3n) is 2.37. The lowest BCUT2D eigenvalue weighted by Gasteiger charge is -1.90. The summed E-state index contributed by atoms with van der Waals surface area (Å²) in [5.74, 6) is 0.634. The zero-order chi connectivity index (χ0) is 11.7. The van der Waals surface area contributed by atoms with Gasteiger partial charge in [-0.25, -0.2) is 10.1 Å². The van der Waals surface area contributed by atoms with Gasteiger partial charge in [0.1, 0.15) is 0 Å². The van der Waals surface area contributed by atoms with Gasteiger partial charge in [0.25, 0.3) is 4.84 Å². The van der Waals surface area contributed by atoms with Gasteiger partial charge in [-0.2, -0.15) is 0 Å². The quantitative estimate of drug-likeness (QED) is 0.738. The highest BCUT2D eigenvalue weighted by atomic mass is 32.1. The normalized spacial score (nSPS) is 11.1. The van der Waals surface area contributed by atoms with Crippen LogP contribution in [0.1, 0.15) is 10.9 Å². The largest absolute Gasteiger partial charge is 0.414 e. The zero-order valence-electron chi connectivity index (χ0n) is 8.84. The van der Waals surface area contributed by atoms with Crippen LogP contribution in [0.2, 0.25) is 0 Å². The fourth-order valence-electron chi connectivity index (χ4n) is 1.61. The average molecular weight is 263 g/mol. The maximum absolute atomic E-state index is 5.20. The van der Waals surface area contributed by atoms with Gasteiger partial charge in [-0.05, 0) is 24.4 Å². The molecule has 0 bridgehead atoms. The maximum Gasteiger partial charge on any atom is 0.284 e. The van der Waals surface area contributed by atoms with Gasteiger partial charge in [-0.15, -0.1) is 16.4 Å². The summed E-state index contributed by atoms with van der Waals surface area (Å²) in [5, 5.41) is 7.67. The van der Waals surface area contributed by atoms with Crippen LogP contribution in [0.15, 0.2) is 28.7 Å². The number of aryl methyl sites for hydroxylation is 2. The van der Waals surface area contributed by atoms with Crippen molar-refractivity contribution >= 4 is 33.8 Å².